The first-order valence-electron chi connectivity index (χ1n) is 10.5. The van der Waals surface area contributed by atoms with Gasteiger partial charge in [-0.1, -0.05) is 12.1 Å². The first kappa shape index (κ1) is 21.6. The number of rotatable bonds is 8. The number of nitro groups is 1. The average molecular weight is 412 g/mol. The summed E-state index contributed by atoms with van der Waals surface area (Å²) in [4.78, 5) is 25.4. The number of hydrogen-bond donors (Lipinski definition) is 1. The number of nitrogens with zero attached hydrogens (tertiary/aromatic N) is 2. The van der Waals surface area contributed by atoms with Crippen molar-refractivity contribution in [2.24, 2.45) is 5.92 Å². The lowest BCUT2D eigenvalue weighted by molar-refractivity contribution is -0.384. The maximum Gasteiger partial charge on any atom is 0.293 e. The summed E-state index contributed by atoms with van der Waals surface area (Å²) in [7, 11) is 1.63. The number of likely N-dealkylation sites (tertiary alicyclic amines) is 1. The zero-order chi connectivity index (χ0) is 21.5. The molecule has 0 radical (unpaired) electrons. The molecular weight excluding hydrogens is 382 g/mol. The maximum absolute atomic E-state index is 12.8. The third-order valence-corrected chi connectivity index (χ3v) is 5.69. The molecule has 0 aliphatic carbocycles. The monoisotopic (exact) mass is 411 g/mol. The fourth-order valence-electron chi connectivity index (χ4n) is 3.92. The Labute approximate surface area is 177 Å². The van der Waals surface area contributed by atoms with Crippen molar-refractivity contribution in [3.8, 4) is 5.75 Å². The van der Waals surface area contributed by atoms with Crippen LogP contribution in [0.25, 0.3) is 0 Å². The second-order valence-electron chi connectivity index (χ2n) is 7.59. The summed E-state index contributed by atoms with van der Waals surface area (Å²) in [6, 6.07) is 12.9. The van der Waals surface area contributed by atoms with E-state index in [4.69, 9.17) is 4.74 Å². The van der Waals surface area contributed by atoms with Gasteiger partial charge in [0.2, 0.25) is 0 Å². The number of hydrogen-bond acceptors (Lipinski definition) is 5. The van der Waals surface area contributed by atoms with Gasteiger partial charge in [-0.25, -0.2) is 0 Å². The van der Waals surface area contributed by atoms with Crippen LogP contribution in [0.5, 0.6) is 5.75 Å². The number of piperidine rings is 1. The number of anilines is 1. The molecule has 1 saturated heterocycles. The van der Waals surface area contributed by atoms with Gasteiger partial charge in [0.05, 0.1) is 11.5 Å². The Morgan fingerprint density at radius 2 is 1.90 bits per heavy atom. The minimum absolute atomic E-state index is 0.0754. The Balaban J connectivity index is 1.52. The van der Waals surface area contributed by atoms with Crippen LogP contribution in [0.4, 0.5) is 11.4 Å². The molecular formula is C23H29N3O4. The van der Waals surface area contributed by atoms with E-state index in [9.17, 15) is 14.9 Å². The molecule has 7 heteroatoms. The standard InChI is InChI=1S/C23H29N3O4/c1-3-30-20-9-6-17(7-10-20)4-5-18-12-14-25(15-13-18)23(27)19-8-11-21(24-2)22(16-19)26(28)29/h6-11,16,18,24H,3-5,12-15H2,1-2H3. The van der Waals surface area contributed by atoms with Crippen molar-refractivity contribution >= 4 is 17.3 Å². The molecule has 1 N–H and O–H groups in total. The molecule has 1 aliphatic heterocycles. The summed E-state index contributed by atoms with van der Waals surface area (Å²) in [6.07, 6.45) is 4.03. The molecule has 160 valence electrons. The predicted octanol–water partition coefficient (Wildman–Crippen LogP) is 4.52. The van der Waals surface area contributed by atoms with Gasteiger partial charge in [-0.2, -0.15) is 0 Å². The van der Waals surface area contributed by atoms with Crippen LogP contribution in [-0.2, 0) is 6.42 Å². The highest BCUT2D eigenvalue weighted by Crippen LogP contribution is 2.28. The lowest BCUT2D eigenvalue weighted by Gasteiger charge is -2.32. The number of carbonyl (C=O) groups is 1. The molecule has 3 rings (SSSR count). The summed E-state index contributed by atoms with van der Waals surface area (Å²) in [5, 5.41) is 14.0. The Morgan fingerprint density at radius 3 is 2.50 bits per heavy atom. The molecule has 0 atom stereocenters. The van der Waals surface area contributed by atoms with Crippen LogP contribution in [0.2, 0.25) is 0 Å². The van der Waals surface area contributed by atoms with Crippen molar-refractivity contribution in [2.45, 2.75) is 32.6 Å². The summed E-state index contributed by atoms with van der Waals surface area (Å²) in [5.41, 5.74) is 2.00. The summed E-state index contributed by atoms with van der Waals surface area (Å²) >= 11 is 0. The highest BCUT2D eigenvalue weighted by atomic mass is 16.6. The molecule has 0 saturated carbocycles. The van der Waals surface area contributed by atoms with Gasteiger partial charge in [0.15, 0.2) is 0 Å². The number of amides is 1. The minimum atomic E-state index is -0.463. The topological polar surface area (TPSA) is 84.7 Å². The van der Waals surface area contributed by atoms with Crippen molar-refractivity contribution < 1.29 is 14.5 Å². The van der Waals surface area contributed by atoms with Gasteiger partial charge >= 0.3 is 0 Å². The molecule has 1 heterocycles. The van der Waals surface area contributed by atoms with Crippen LogP contribution in [-0.4, -0.2) is 42.5 Å². The van der Waals surface area contributed by atoms with Crippen LogP contribution < -0.4 is 10.1 Å². The van der Waals surface area contributed by atoms with Gasteiger partial charge in [0, 0.05) is 31.8 Å². The van der Waals surface area contributed by atoms with Crippen LogP contribution in [0.3, 0.4) is 0 Å². The molecule has 0 spiro atoms. The van der Waals surface area contributed by atoms with Crippen LogP contribution in [0.1, 0.15) is 42.1 Å². The smallest absolute Gasteiger partial charge is 0.293 e. The highest BCUT2D eigenvalue weighted by molar-refractivity contribution is 5.95. The number of benzene rings is 2. The Kier molecular flexibility index (Phi) is 7.27. The van der Waals surface area contributed by atoms with Gasteiger partial charge in [-0.15, -0.1) is 0 Å². The van der Waals surface area contributed by atoms with Gasteiger partial charge in [0.25, 0.3) is 11.6 Å². The largest absolute Gasteiger partial charge is 0.494 e. The van der Waals surface area contributed by atoms with Gasteiger partial charge in [-0.3, -0.25) is 14.9 Å². The molecule has 30 heavy (non-hydrogen) atoms. The molecule has 1 fully saturated rings. The van der Waals surface area contributed by atoms with E-state index in [0.29, 0.717) is 36.9 Å². The van der Waals surface area contributed by atoms with Crippen molar-refractivity contribution in [2.75, 3.05) is 32.1 Å². The fraction of sp³-hybridized carbons (Fsp3) is 0.435. The molecule has 0 aromatic heterocycles. The molecule has 1 amide bonds. The van der Waals surface area contributed by atoms with Gasteiger partial charge < -0.3 is 15.0 Å². The number of nitro benzene ring substituents is 1. The maximum atomic E-state index is 12.8. The lowest BCUT2D eigenvalue weighted by Crippen LogP contribution is -2.38. The third kappa shape index (κ3) is 5.28. The highest BCUT2D eigenvalue weighted by Gasteiger charge is 2.25. The van der Waals surface area contributed by atoms with Crippen molar-refractivity contribution in [1.29, 1.82) is 0 Å². The zero-order valence-electron chi connectivity index (χ0n) is 17.6. The Bertz CT molecular complexity index is 875. The van der Waals surface area contributed by atoms with E-state index in [0.717, 1.165) is 31.4 Å². The Morgan fingerprint density at radius 1 is 1.20 bits per heavy atom. The molecule has 0 bridgehead atoms. The molecule has 0 unspecified atom stereocenters. The van der Waals surface area contributed by atoms with E-state index in [-0.39, 0.29) is 11.6 Å². The first-order valence-corrected chi connectivity index (χ1v) is 10.5. The molecule has 2 aromatic carbocycles. The normalized spacial score (nSPS) is 14.4. The van der Waals surface area contributed by atoms with E-state index in [2.05, 4.69) is 17.4 Å². The SMILES string of the molecule is CCOc1ccc(CCC2CCN(C(=O)c3ccc(NC)c([N+](=O)[O-])c3)CC2)cc1. The number of nitrogens with one attached hydrogen (secondary N) is 1. The molecule has 7 nitrogen and oxygen atoms in total. The second-order valence-corrected chi connectivity index (χ2v) is 7.59. The van der Waals surface area contributed by atoms with E-state index < -0.39 is 4.92 Å². The fourth-order valence-corrected chi connectivity index (χ4v) is 3.92. The van der Waals surface area contributed by atoms with E-state index in [1.54, 1.807) is 19.2 Å². The quantitative estimate of drug-likeness (QED) is 0.510. The summed E-state index contributed by atoms with van der Waals surface area (Å²) < 4.78 is 5.48. The number of aryl methyl sites for hydroxylation is 1. The van der Waals surface area contributed by atoms with Gasteiger partial charge in [-0.05, 0) is 68.4 Å². The van der Waals surface area contributed by atoms with E-state index in [1.807, 2.05) is 24.0 Å². The minimum Gasteiger partial charge on any atom is -0.494 e. The number of ether oxygens (including phenoxy) is 1. The van der Waals surface area contributed by atoms with E-state index >= 15 is 0 Å². The van der Waals surface area contributed by atoms with Crippen molar-refractivity contribution in [3.05, 3.63) is 63.7 Å². The number of carbonyl (C=O) groups excluding carboxylic acids is 1. The summed E-state index contributed by atoms with van der Waals surface area (Å²) in [5.74, 6) is 1.35. The van der Waals surface area contributed by atoms with Crippen LogP contribution in [0, 0.1) is 16.0 Å². The van der Waals surface area contributed by atoms with Crippen LogP contribution in [0.15, 0.2) is 42.5 Å². The lowest BCUT2D eigenvalue weighted by atomic mass is 9.90. The zero-order valence-corrected chi connectivity index (χ0v) is 17.6. The summed E-state index contributed by atoms with van der Waals surface area (Å²) in [6.45, 7) is 4.02. The molecule has 2 aromatic rings. The van der Waals surface area contributed by atoms with E-state index in [1.165, 1.54) is 11.6 Å². The average Bonchev–Trinajstić information content (AvgIpc) is 2.78. The van der Waals surface area contributed by atoms with Crippen molar-refractivity contribution in [3.63, 3.8) is 0 Å². The Hall–Kier alpha value is -3.09. The van der Waals surface area contributed by atoms with Crippen molar-refractivity contribution in [1.82, 2.24) is 4.90 Å². The van der Waals surface area contributed by atoms with Crippen LogP contribution >= 0.6 is 0 Å². The third-order valence-electron chi connectivity index (χ3n) is 5.69. The first-order chi connectivity index (χ1) is 14.5. The predicted molar refractivity (Wildman–Crippen MR) is 117 cm³/mol. The second kappa shape index (κ2) is 10.1. The molecule has 1 aliphatic rings. The van der Waals surface area contributed by atoms with Gasteiger partial charge in [0.1, 0.15) is 11.4 Å².